The molecule has 0 spiro atoms. The summed E-state index contributed by atoms with van der Waals surface area (Å²) in [7, 11) is 0. The first kappa shape index (κ1) is 8.91. The zero-order valence-electron chi connectivity index (χ0n) is 7.05. The van der Waals surface area contributed by atoms with E-state index in [-0.39, 0.29) is 5.82 Å². The third kappa shape index (κ3) is 1.65. The molecule has 0 unspecified atom stereocenters. The van der Waals surface area contributed by atoms with E-state index in [9.17, 15) is 0 Å². The second-order valence-electron chi connectivity index (χ2n) is 2.60. The lowest BCUT2D eigenvalue weighted by molar-refractivity contribution is 0.872. The van der Waals surface area contributed by atoms with E-state index in [1.807, 2.05) is 30.3 Å². The summed E-state index contributed by atoms with van der Waals surface area (Å²) < 4.78 is 2.52. The maximum atomic E-state index is 8.55. The number of nitrogens with zero attached hydrogens (tertiary/aromatic N) is 4. The van der Waals surface area contributed by atoms with Crippen LogP contribution in [0, 0.1) is 11.3 Å². The van der Waals surface area contributed by atoms with E-state index in [0.29, 0.717) is 0 Å². The molecule has 0 aliphatic heterocycles. The Kier molecular flexibility index (Phi) is 2.29. The number of benzene rings is 1. The summed E-state index contributed by atoms with van der Waals surface area (Å²) >= 11 is 3.36. The molecule has 0 amide bonds. The van der Waals surface area contributed by atoms with Crippen LogP contribution in [0.2, 0.25) is 0 Å². The van der Waals surface area contributed by atoms with Crippen molar-refractivity contribution >= 4 is 15.9 Å². The molecule has 0 aliphatic rings. The molecular weight excluding hydrogens is 244 g/mol. The van der Waals surface area contributed by atoms with Crippen molar-refractivity contribution < 1.29 is 0 Å². The molecule has 1 aromatic heterocycles. The summed E-state index contributed by atoms with van der Waals surface area (Å²) in [5, 5.41) is 12.5. The molecule has 4 nitrogen and oxygen atoms in total. The first-order valence-electron chi connectivity index (χ1n) is 3.87. The minimum atomic E-state index is 0.171. The molecule has 0 atom stereocenters. The molecule has 0 aliphatic carbocycles. The normalized spacial score (nSPS) is 9.71. The van der Waals surface area contributed by atoms with Crippen molar-refractivity contribution in [1.82, 2.24) is 14.8 Å². The average Bonchev–Trinajstić information content (AvgIpc) is 2.66. The zero-order chi connectivity index (χ0) is 9.97. The van der Waals surface area contributed by atoms with Crippen LogP contribution in [0.5, 0.6) is 0 Å². The van der Waals surface area contributed by atoms with Crippen LogP contribution in [0.25, 0.3) is 5.69 Å². The van der Waals surface area contributed by atoms with Crippen LogP contribution in [0.3, 0.4) is 0 Å². The van der Waals surface area contributed by atoms with Gasteiger partial charge in [0.15, 0.2) is 0 Å². The molecule has 0 radical (unpaired) electrons. The van der Waals surface area contributed by atoms with Gasteiger partial charge in [-0.2, -0.15) is 5.26 Å². The first-order valence-corrected chi connectivity index (χ1v) is 4.66. The van der Waals surface area contributed by atoms with Gasteiger partial charge in [0.2, 0.25) is 0 Å². The lowest BCUT2D eigenvalue weighted by atomic mass is 10.3. The lowest BCUT2D eigenvalue weighted by Crippen LogP contribution is -1.94. The molecule has 1 heterocycles. The molecule has 0 saturated heterocycles. The van der Waals surface area contributed by atoms with E-state index in [4.69, 9.17) is 5.26 Å². The van der Waals surface area contributed by atoms with Crippen LogP contribution in [0.15, 0.2) is 35.1 Å². The van der Waals surface area contributed by atoms with Gasteiger partial charge in [0.05, 0.1) is 5.69 Å². The molecular formula is C9H5BrN4. The van der Waals surface area contributed by atoms with Crippen molar-refractivity contribution in [2.75, 3.05) is 0 Å². The maximum Gasteiger partial charge on any atom is 0.252 e. The molecule has 0 fully saturated rings. The Morgan fingerprint density at radius 1 is 1.43 bits per heavy atom. The monoisotopic (exact) mass is 248 g/mol. The fraction of sp³-hybridized carbons (Fsp3) is 0. The molecule has 1 aromatic carbocycles. The van der Waals surface area contributed by atoms with Crippen LogP contribution in [-0.4, -0.2) is 14.8 Å². The summed E-state index contributed by atoms with van der Waals surface area (Å²) in [5.74, 6) is 0.171. The molecule has 68 valence electrons. The van der Waals surface area contributed by atoms with E-state index < -0.39 is 0 Å². The molecule has 0 saturated carbocycles. The Hall–Kier alpha value is -1.67. The summed E-state index contributed by atoms with van der Waals surface area (Å²) in [5.41, 5.74) is 0.869. The first-order chi connectivity index (χ1) is 6.79. The van der Waals surface area contributed by atoms with Crippen molar-refractivity contribution in [1.29, 1.82) is 5.26 Å². The van der Waals surface area contributed by atoms with Crippen LogP contribution in [0.4, 0.5) is 0 Å². The summed E-state index contributed by atoms with van der Waals surface area (Å²) in [6.07, 6.45) is 1.51. The smallest absolute Gasteiger partial charge is 0.220 e. The van der Waals surface area contributed by atoms with Crippen LogP contribution in [0.1, 0.15) is 5.82 Å². The van der Waals surface area contributed by atoms with Crippen LogP contribution >= 0.6 is 15.9 Å². The summed E-state index contributed by atoms with van der Waals surface area (Å²) in [6.45, 7) is 0. The van der Waals surface area contributed by atoms with Crippen LogP contribution < -0.4 is 0 Å². The minimum Gasteiger partial charge on any atom is -0.220 e. The highest BCUT2D eigenvalue weighted by atomic mass is 79.9. The van der Waals surface area contributed by atoms with Gasteiger partial charge in [-0.15, -0.1) is 5.10 Å². The Balaban J connectivity index is 2.45. The highest BCUT2D eigenvalue weighted by Gasteiger charge is 2.01. The van der Waals surface area contributed by atoms with Crippen molar-refractivity contribution in [2.24, 2.45) is 0 Å². The maximum absolute atomic E-state index is 8.55. The molecule has 2 aromatic rings. The van der Waals surface area contributed by atoms with Crippen molar-refractivity contribution in [3.05, 3.63) is 40.9 Å². The number of halogens is 1. The molecule has 2 rings (SSSR count). The lowest BCUT2D eigenvalue weighted by Gasteiger charge is -1.99. The second-order valence-corrected chi connectivity index (χ2v) is 3.52. The van der Waals surface area contributed by atoms with Gasteiger partial charge in [-0.05, 0) is 18.2 Å². The van der Waals surface area contributed by atoms with E-state index in [1.54, 1.807) is 4.68 Å². The van der Waals surface area contributed by atoms with Gasteiger partial charge in [-0.3, -0.25) is 0 Å². The van der Waals surface area contributed by atoms with Gasteiger partial charge in [-0.25, -0.2) is 9.67 Å². The van der Waals surface area contributed by atoms with Gasteiger partial charge in [0.1, 0.15) is 12.4 Å². The topological polar surface area (TPSA) is 54.5 Å². The summed E-state index contributed by atoms with van der Waals surface area (Å²) in [4.78, 5) is 3.82. The largest absolute Gasteiger partial charge is 0.252 e. The van der Waals surface area contributed by atoms with E-state index in [2.05, 4.69) is 26.0 Å². The van der Waals surface area contributed by atoms with Crippen molar-refractivity contribution in [2.45, 2.75) is 0 Å². The molecule has 0 N–H and O–H groups in total. The number of aromatic nitrogens is 3. The highest BCUT2D eigenvalue weighted by molar-refractivity contribution is 9.10. The standard InChI is InChI=1S/C9H5BrN4/c10-7-2-1-3-8(4-7)14-6-12-9(5-11)13-14/h1-4,6H. The van der Waals surface area contributed by atoms with Gasteiger partial charge in [0, 0.05) is 4.47 Å². The average molecular weight is 249 g/mol. The Morgan fingerprint density at radius 2 is 2.29 bits per heavy atom. The van der Waals surface area contributed by atoms with Gasteiger partial charge >= 0.3 is 0 Å². The van der Waals surface area contributed by atoms with Crippen molar-refractivity contribution in [3.63, 3.8) is 0 Å². The molecule has 14 heavy (non-hydrogen) atoms. The number of hydrogen-bond acceptors (Lipinski definition) is 3. The predicted molar refractivity (Wildman–Crippen MR) is 53.8 cm³/mol. The SMILES string of the molecule is N#Cc1ncn(-c2cccc(Br)c2)n1. The van der Waals surface area contributed by atoms with Gasteiger partial charge in [0.25, 0.3) is 5.82 Å². The van der Waals surface area contributed by atoms with Crippen LogP contribution in [-0.2, 0) is 0 Å². The van der Waals surface area contributed by atoms with Gasteiger partial charge in [-0.1, -0.05) is 22.0 Å². The third-order valence-corrected chi connectivity index (χ3v) is 2.16. The fourth-order valence-corrected chi connectivity index (χ4v) is 1.44. The highest BCUT2D eigenvalue weighted by Crippen LogP contribution is 2.14. The number of nitriles is 1. The van der Waals surface area contributed by atoms with Gasteiger partial charge < -0.3 is 0 Å². The Bertz CT molecular complexity index is 498. The third-order valence-electron chi connectivity index (χ3n) is 1.66. The Labute approximate surface area is 88.9 Å². The van der Waals surface area contributed by atoms with E-state index >= 15 is 0 Å². The zero-order valence-corrected chi connectivity index (χ0v) is 8.64. The number of hydrogen-bond donors (Lipinski definition) is 0. The molecule has 5 heteroatoms. The quantitative estimate of drug-likeness (QED) is 0.775. The second kappa shape index (κ2) is 3.60. The fourth-order valence-electron chi connectivity index (χ4n) is 1.06. The van der Waals surface area contributed by atoms with E-state index in [0.717, 1.165) is 10.2 Å². The predicted octanol–water partition coefficient (Wildman–Crippen LogP) is 1.90. The number of rotatable bonds is 1. The molecule has 0 bridgehead atoms. The minimum absolute atomic E-state index is 0.171. The Morgan fingerprint density at radius 3 is 2.93 bits per heavy atom. The van der Waals surface area contributed by atoms with E-state index in [1.165, 1.54) is 6.33 Å². The summed E-state index contributed by atoms with van der Waals surface area (Å²) in [6, 6.07) is 9.48. The van der Waals surface area contributed by atoms with Crippen molar-refractivity contribution in [3.8, 4) is 11.8 Å².